The van der Waals surface area contributed by atoms with Crippen LogP contribution in [0.4, 0.5) is 0 Å². The molecule has 0 aliphatic carbocycles. The van der Waals surface area contributed by atoms with E-state index in [1.807, 2.05) is 18.2 Å². The molecule has 0 radical (unpaired) electrons. The molecule has 0 spiro atoms. The van der Waals surface area contributed by atoms with Gasteiger partial charge in [0.1, 0.15) is 12.3 Å². The number of carbonyl (C=O) groups excluding carboxylic acids is 1. The molecule has 0 fully saturated rings. The van der Waals surface area contributed by atoms with Gasteiger partial charge in [0.25, 0.3) is 5.91 Å². The Kier molecular flexibility index (Phi) is 2.78. The number of hydrogen-bond acceptors (Lipinski definition) is 3. The van der Waals surface area contributed by atoms with Crippen molar-refractivity contribution in [2.75, 3.05) is 20.2 Å². The molecular weight excluding hydrogens is 204 g/mol. The fourth-order valence-corrected chi connectivity index (χ4v) is 1.72. The standard InChI is InChI=1S/C12H12N2O2/c1-14(6-5-13)12(15)10-2-3-11-9(8-10)4-7-16-11/h2-3,8H,4,6-7H2,1H3. The molecule has 4 nitrogen and oxygen atoms in total. The summed E-state index contributed by atoms with van der Waals surface area (Å²) < 4.78 is 5.36. The maximum absolute atomic E-state index is 11.9. The lowest BCUT2D eigenvalue weighted by Gasteiger charge is -2.13. The highest BCUT2D eigenvalue weighted by atomic mass is 16.5. The van der Waals surface area contributed by atoms with Crippen LogP contribution in [0.3, 0.4) is 0 Å². The number of hydrogen-bond donors (Lipinski definition) is 0. The topological polar surface area (TPSA) is 53.3 Å². The zero-order valence-electron chi connectivity index (χ0n) is 9.06. The van der Waals surface area contributed by atoms with Gasteiger partial charge in [0.15, 0.2) is 0 Å². The molecule has 0 unspecified atom stereocenters. The first-order valence-electron chi connectivity index (χ1n) is 5.10. The molecule has 0 bridgehead atoms. The molecule has 2 rings (SSSR count). The number of carbonyl (C=O) groups is 1. The van der Waals surface area contributed by atoms with Crippen molar-refractivity contribution in [3.63, 3.8) is 0 Å². The Labute approximate surface area is 94.0 Å². The average molecular weight is 216 g/mol. The van der Waals surface area contributed by atoms with E-state index >= 15 is 0 Å². The first-order valence-corrected chi connectivity index (χ1v) is 5.10. The summed E-state index contributed by atoms with van der Waals surface area (Å²) in [5.74, 6) is 0.732. The third-order valence-electron chi connectivity index (χ3n) is 2.59. The summed E-state index contributed by atoms with van der Waals surface area (Å²) in [4.78, 5) is 13.3. The Morgan fingerprint density at radius 2 is 2.44 bits per heavy atom. The van der Waals surface area contributed by atoms with Crippen LogP contribution in [0.1, 0.15) is 15.9 Å². The largest absolute Gasteiger partial charge is 0.493 e. The van der Waals surface area contributed by atoms with Crippen molar-refractivity contribution in [3.8, 4) is 11.8 Å². The van der Waals surface area contributed by atoms with Crippen molar-refractivity contribution >= 4 is 5.91 Å². The van der Waals surface area contributed by atoms with E-state index in [0.717, 1.165) is 17.7 Å². The van der Waals surface area contributed by atoms with Gasteiger partial charge in [-0.05, 0) is 23.8 Å². The Morgan fingerprint density at radius 3 is 3.19 bits per heavy atom. The lowest BCUT2D eigenvalue weighted by molar-refractivity contribution is 0.0812. The minimum Gasteiger partial charge on any atom is -0.493 e. The van der Waals surface area contributed by atoms with E-state index in [-0.39, 0.29) is 12.5 Å². The molecule has 0 saturated heterocycles. The number of ether oxygens (including phenoxy) is 1. The highest BCUT2D eigenvalue weighted by Crippen LogP contribution is 2.26. The van der Waals surface area contributed by atoms with E-state index < -0.39 is 0 Å². The van der Waals surface area contributed by atoms with Gasteiger partial charge in [-0.3, -0.25) is 4.79 Å². The average Bonchev–Trinajstić information content (AvgIpc) is 2.75. The smallest absolute Gasteiger partial charge is 0.254 e. The monoisotopic (exact) mass is 216 g/mol. The van der Waals surface area contributed by atoms with Gasteiger partial charge in [-0.1, -0.05) is 0 Å². The van der Waals surface area contributed by atoms with Gasteiger partial charge < -0.3 is 9.64 Å². The fraction of sp³-hybridized carbons (Fsp3) is 0.333. The highest BCUT2D eigenvalue weighted by Gasteiger charge is 2.16. The van der Waals surface area contributed by atoms with Crippen molar-refractivity contribution in [3.05, 3.63) is 29.3 Å². The molecule has 16 heavy (non-hydrogen) atoms. The van der Waals surface area contributed by atoms with Gasteiger partial charge >= 0.3 is 0 Å². The molecule has 1 aromatic carbocycles. The van der Waals surface area contributed by atoms with E-state index in [2.05, 4.69) is 0 Å². The Morgan fingerprint density at radius 1 is 1.62 bits per heavy atom. The second-order valence-corrected chi connectivity index (χ2v) is 3.74. The highest BCUT2D eigenvalue weighted by molar-refractivity contribution is 5.94. The zero-order chi connectivity index (χ0) is 11.5. The predicted octanol–water partition coefficient (Wildman–Crippen LogP) is 1.22. The molecule has 4 heteroatoms. The van der Waals surface area contributed by atoms with Crippen molar-refractivity contribution in [1.29, 1.82) is 5.26 Å². The van der Waals surface area contributed by atoms with E-state index in [1.165, 1.54) is 4.90 Å². The number of nitriles is 1. The van der Waals surface area contributed by atoms with Gasteiger partial charge in [0.2, 0.25) is 0 Å². The Balaban J connectivity index is 2.22. The third-order valence-corrected chi connectivity index (χ3v) is 2.59. The van der Waals surface area contributed by atoms with E-state index in [4.69, 9.17) is 10.00 Å². The molecular formula is C12H12N2O2. The Hall–Kier alpha value is -2.02. The van der Waals surface area contributed by atoms with E-state index in [0.29, 0.717) is 12.2 Å². The zero-order valence-corrected chi connectivity index (χ0v) is 9.06. The second-order valence-electron chi connectivity index (χ2n) is 3.74. The van der Waals surface area contributed by atoms with E-state index in [1.54, 1.807) is 13.1 Å². The van der Waals surface area contributed by atoms with Gasteiger partial charge in [-0.15, -0.1) is 0 Å². The van der Waals surface area contributed by atoms with Gasteiger partial charge in [-0.2, -0.15) is 5.26 Å². The number of amides is 1. The number of benzene rings is 1. The molecule has 0 aromatic heterocycles. The molecule has 0 N–H and O–H groups in total. The van der Waals surface area contributed by atoms with Crippen LogP contribution in [-0.4, -0.2) is 31.0 Å². The molecule has 82 valence electrons. The summed E-state index contributed by atoms with van der Waals surface area (Å²) in [6, 6.07) is 7.35. The summed E-state index contributed by atoms with van der Waals surface area (Å²) in [7, 11) is 1.62. The van der Waals surface area contributed by atoms with Crippen LogP contribution in [0.2, 0.25) is 0 Å². The molecule has 1 aromatic rings. The van der Waals surface area contributed by atoms with Crippen LogP contribution in [-0.2, 0) is 6.42 Å². The summed E-state index contributed by atoms with van der Waals surface area (Å²) in [5, 5.41) is 8.52. The van der Waals surface area contributed by atoms with Crippen LogP contribution in [0.15, 0.2) is 18.2 Å². The van der Waals surface area contributed by atoms with Gasteiger partial charge in [0, 0.05) is 19.0 Å². The third kappa shape index (κ3) is 1.84. The van der Waals surface area contributed by atoms with Gasteiger partial charge in [0.05, 0.1) is 12.7 Å². The fourth-order valence-electron chi connectivity index (χ4n) is 1.72. The normalized spacial score (nSPS) is 12.5. The van der Waals surface area contributed by atoms with Crippen LogP contribution in [0, 0.1) is 11.3 Å². The predicted molar refractivity (Wildman–Crippen MR) is 58.2 cm³/mol. The van der Waals surface area contributed by atoms with Crippen LogP contribution in [0.25, 0.3) is 0 Å². The molecule has 1 heterocycles. The Bertz CT molecular complexity index is 463. The summed E-state index contributed by atoms with van der Waals surface area (Å²) >= 11 is 0. The lowest BCUT2D eigenvalue weighted by Crippen LogP contribution is -2.26. The molecule has 0 saturated carbocycles. The SMILES string of the molecule is CN(CC#N)C(=O)c1ccc2c(c1)CCO2. The van der Waals surface area contributed by atoms with Crippen molar-refractivity contribution in [1.82, 2.24) is 4.90 Å². The maximum atomic E-state index is 11.9. The number of rotatable bonds is 2. The minimum atomic E-state index is -0.128. The van der Waals surface area contributed by atoms with Crippen molar-refractivity contribution in [2.45, 2.75) is 6.42 Å². The minimum absolute atomic E-state index is 0.104. The maximum Gasteiger partial charge on any atom is 0.254 e. The molecule has 1 amide bonds. The van der Waals surface area contributed by atoms with Gasteiger partial charge in [-0.25, -0.2) is 0 Å². The lowest BCUT2D eigenvalue weighted by atomic mass is 10.1. The summed E-state index contributed by atoms with van der Waals surface area (Å²) in [6.07, 6.45) is 0.846. The van der Waals surface area contributed by atoms with Crippen LogP contribution < -0.4 is 4.74 Å². The molecule has 1 aliphatic rings. The van der Waals surface area contributed by atoms with Crippen LogP contribution in [0.5, 0.6) is 5.75 Å². The van der Waals surface area contributed by atoms with E-state index in [9.17, 15) is 4.79 Å². The first kappa shape index (κ1) is 10.5. The first-order chi connectivity index (χ1) is 7.72. The number of fused-ring (bicyclic) bond motifs is 1. The van der Waals surface area contributed by atoms with Crippen molar-refractivity contribution < 1.29 is 9.53 Å². The second kappa shape index (κ2) is 4.23. The van der Waals surface area contributed by atoms with Crippen LogP contribution >= 0.6 is 0 Å². The number of nitrogens with zero attached hydrogens (tertiary/aromatic N) is 2. The summed E-state index contributed by atoms with van der Waals surface area (Å²) in [6.45, 7) is 0.785. The quantitative estimate of drug-likeness (QED) is 0.698. The molecule has 1 aliphatic heterocycles. The molecule has 0 atom stereocenters. The summed E-state index contributed by atoms with van der Waals surface area (Å²) in [5.41, 5.74) is 1.68. The van der Waals surface area contributed by atoms with Crippen molar-refractivity contribution in [2.24, 2.45) is 0 Å².